The quantitative estimate of drug-likeness (QED) is 0.603. The minimum absolute atomic E-state index is 0.250. The fraction of sp³-hybridized carbons (Fsp3) is 1.00. The van der Waals surface area contributed by atoms with Gasteiger partial charge in [0.1, 0.15) is 0 Å². The first-order valence-electron chi connectivity index (χ1n) is 4.45. The zero-order chi connectivity index (χ0) is 8.85. The van der Waals surface area contributed by atoms with Crippen LogP contribution in [0.5, 0.6) is 0 Å². The molecule has 0 aromatic carbocycles. The van der Waals surface area contributed by atoms with Crippen molar-refractivity contribution in [3.63, 3.8) is 0 Å². The second kappa shape index (κ2) is 5.56. The van der Waals surface area contributed by atoms with Crippen LogP contribution in [0.2, 0.25) is 0 Å². The van der Waals surface area contributed by atoms with Gasteiger partial charge in [-0.05, 0) is 32.2 Å². The summed E-state index contributed by atoms with van der Waals surface area (Å²) in [5.74, 6) is 1.82. The molecule has 0 radical (unpaired) electrons. The van der Waals surface area contributed by atoms with Gasteiger partial charge in [-0.25, -0.2) is 0 Å². The van der Waals surface area contributed by atoms with Gasteiger partial charge >= 0.3 is 0 Å². The monoisotopic (exact) mass is 159 g/mol. The number of aliphatic hydroxyl groups excluding tert-OH is 1. The Hall–Kier alpha value is -0.0800. The number of hydrogen-bond acceptors (Lipinski definition) is 2. The summed E-state index contributed by atoms with van der Waals surface area (Å²) in [7, 11) is 2.05. The molecule has 1 aliphatic carbocycles. The van der Waals surface area contributed by atoms with E-state index in [1.807, 2.05) is 0 Å². The Balaban J connectivity index is 0.000000292. The number of aliphatic hydroxyl groups is 1. The lowest BCUT2D eigenvalue weighted by Crippen LogP contribution is -2.47. The molecule has 1 saturated carbocycles. The Kier molecular flexibility index (Phi) is 5.51. The summed E-state index contributed by atoms with van der Waals surface area (Å²) in [6.07, 6.45) is 1.41. The van der Waals surface area contributed by atoms with Gasteiger partial charge in [-0.1, -0.05) is 13.8 Å². The number of hydrogen-bond donors (Lipinski definition) is 2. The van der Waals surface area contributed by atoms with E-state index in [1.165, 1.54) is 6.42 Å². The van der Waals surface area contributed by atoms with Gasteiger partial charge in [0, 0.05) is 12.6 Å². The maximum absolute atomic E-state index is 7.57. The fourth-order valence-corrected chi connectivity index (χ4v) is 1.81. The predicted molar refractivity (Wildman–Crippen MR) is 48.6 cm³/mol. The Bertz CT molecular complexity index is 87.6. The summed E-state index contributed by atoms with van der Waals surface area (Å²) in [4.78, 5) is 0. The maximum Gasteiger partial charge on any atom is 0.0402 e. The van der Waals surface area contributed by atoms with Gasteiger partial charge in [0.2, 0.25) is 0 Å². The molecule has 0 heterocycles. The molecule has 2 N–H and O–H groups in total. The van der Waals surface area contributed by atoms with Crippen LogP contribution in [0.25, 0.3) is 0 Å². The molecule has 0 aromatic heterocycles. The van der Waals surface area contributed by atoms with E-state index in [1.54, 1.807) is 6.92 Å². The van der Waals surface area contributed by atoms with Crippen molar-refractivity contribution >= 4 is 0 Å². The molecule has 1 fully saturated rings. The van der Waals surface area contributed by atoms with Gasteiger partial charge < -0.3 is 10.4 Å². The zero-order valence-electron chi connectivity index (χ0n) is 8.09. The van der Waals surface area contributed by atoms with Crippen molar-refractivity contribution in [1.82, 2.24) is 5.32 Å². The molecular weight excluding hydrogens is 138 g/mol. The summed E-state index contributed by atoms with van der Waals surface area (Å²) >= 11 is 0. The highest BCUT2D eigenvalue weighted by molar-refractivity contribution is 4.88. The molecule has 0 saturated heterocycles. The van der Waals surface area contributed by atoms with Gasteiger partial charge in [0.15, 0.2) is 0 Å². The SMILES string of the molecule is CCO.CNC1C(C)CC1C. The highest BCUT2D eigenvalue weighted by Gasteiger charge is 2.32. The van der Waals surface area contributed by atoms with E-state index < -0.39 is 0 Å². The average molecular weight is 159 g/mol. The average Bonchev–Trinajstić information content (AvgIpc) is 1.90. The normalized spacial score (nSPS) is 35.2. The third kappa shape index (κ3) is 3.21. The van der Waals surface area contributed by atoms with Crippen molar-refractivity contribution in [2.45, 2.75) is 33.2 Å². The van der Waals surface area contributed by atoms with Crippen molar-refractivity contribution in [2.24, 2.45) is 11.8 Å². The first-order chi connectivity index (χ1) is 5.17. The topological polar surface area (TPSA) is 32.3 Å². The Labute approximate surface area is 70.0 Å². The Morgan fingerprint density at radius 3 is 1.82 bits per heavy atom. The van der Waals surface area contributed by atoms with Crippen molar-refractivity contribution in [3.8, 4) is 0 Å². The van der Waals surface area contributed by atoms with Gasteiger partial charge in [-0.3, -0.25) is 0 Å². The fourth-order valence-electron chi connectivity index (χ4n) is 1.81. The van der Waals surface area contributed by atoms with Crippen LogP contribution in [0, 0.1) is 11.8 Å². The van der Waals surface area contributed by atoms with Crippen LogP contribution >= 0.6 is 0 Å². The lowest BCUT2D eigenvalue weighted by molar-refractivity contribution is 0.148. The predicted octanol–water partition coefficient (Wildman–Crippen LogP) is 1.25. The van der Waals surface area contributed by atoms with Gasteiger partial charge in [0.25, 0.3) is 0 Å². The molecule has 0 bridgehead atoms. The first-order valence-corrected chi connectivity index (χ1v) is 4.45. The summed E-state index contributed by atoms with van der Waals surface area (Å²) in [5.41, 5.74) is 0. The lowest BCUT2D eigenvalue weighted by Gasteiger charge is -2.40. The van der Waals surface area contributed by atoms with Crippen molar-refractivity contribution in [3.05, 3.63) is 0 Å². The van der Waals surface area contributed by atoms with Crippen LogP contribution in [-0.2, 0) is 0 Å². The standard InChI is InChI=1S/C7H15N.C2H6O/c1-5-4-6(2)7(5)8-3;1-2-3/h5-8H,4H2,1-3H3;3H,2H2,1H3. The molecule has 2 heteroatoms. The second-order valence-corrected chi connectivity index (χ2v) is 3.32. The third-order valence-corrected chi connectivity index (χ3v) is 2.30. The molecule has 1 rings (SSSR count). The molecule has 0 spiro atoms. The third-order valence-electron chi connectivity index (χ3n) is 2.30. The van der Waals surface area contributed by atoms with Crippen LogP contribution < -0.4 is 5.32 Å². The maximum atomic E-state index is 7.57. The number of nitrogens with one attached hydrogen (secondary N) is 1. The molecule has 11 heavy (non-hydrogen) atoms. The molecule has 0 aliphatic heterocycles. The summed E-state index contributed by atoms with van der Waals surface area (Å²) < 4.78 is 0. The van der Waals surface area contributed by atoms with Gasteiger partial charge in [-0.2, -0.15) is 0 Å². The van der Waals surface area contributed by atoms with Crippen LogP contribution in [-0.4, -0.2) is 24.8 Å². The van der Waals surface area contributed by atoms with E-state index in [2.05, 4.69) is 26.2 Å². The molecule has 2 unspecified atom stereocenters. The van der Waals surface area contributed by atoms with E-state index >= 15 is 0 Å². The Morgan fingerprint density at radius 2 is 1.73 bits per heavy atom. The molecule has 68 valence electrons. The van der Waals surface area contributed by atoms with E-state index in [0.29, 0.717) is 0 Å². The van der Waals surface area contributed by atoms with E-state index in [0.717, 1.165) is 17.9 Å². The van der Waals surface area contributed by atoms with Crippen molar-refractivity contribution in [1.29, 1.82) is 0 Å². The Morgan fingerprint density at radius 1 is 1.36 bits per heavy atom. The van der Waals surface area contributed by atoms with Crippen molar-refractivity contribution < 1.29 is 5.11 Å². The van der Waals surface area contributed by atoms with Crippen LogP contribution in [0.15, 0.2) is 0 Å². The van der Waals surface area contributed by atoms with Gasteiger partial charge in [0.05, 0.1) is 0 Å². The van der Waals surface area contributed by atoms with E-state index in [4.69, 9.17) is 5.11 Å². The van der Waals surface area contributed by atoms with Crippen molar-refractivity contribution in [2.75, 3.05) is 13.7 Å². The first kappa shape index (κ1) is 10.9. The van der Waals surface area contributed by atoms with E-state index in [9.17, 15) is 0 Å². The molecule has 0 amide bonds. The minimum Gasteiger partial charge on any atom is -0.397 e. The summed E-state index contributed by atoms with van der Waals surface area (Å²) in [5, 5.41) is 10.9. The van der Waals surface area contributed by atoms with E-state index in [-0.39, 0.29) is 6.61 Å². The zero-order valence-corrected chi connectivity index (χ0v) is 8.09. The molecule has 2 atom stereocenters. The van der Waals surface area contributed by atoms with Crippen LogP contribution in [0.3, 0.4) is 0 Å². The van der Waals surface area contributed by atoms with Crippen LogP contribution in [0.4, 0.5) is 0 Å². The summed E-state index contributed by atoms with van der Waals surface area (Å²) in [6.45, 7) is 6.54. The molecular formula is C9H21NO. The summed E-state index contributed by atoms with van der Waals surface area (Å²) in [6, 6.07) is 0.801. The minimum atomic E-state index is 0.250. The lowest BCUT2D eigenvalue weighted by atomic mass is 9.72. The molecule has 0 aromatic rings. The smallest absolute Gasteiger partial charge is 0.0402 e. The van der Waals surface area contributed by atoms with Gasteiger partial charge in [-0.15, -0.1) is 0 Å². The highest BCUT2D eigenvalue weighted by Crippen LogP contribution is 2.32. The number of rotatable bonds is 1. The molecule has 1 aliphatic rings. The largest absolute Gasteiger partial charge is 0.397 e. The second-order valence-electron chi connectivity index (χ2n) is 3.32. The van der Waals surface area contributed by atoms with Crippen LogP contribution in [0.1, 0.15) is 27.2 Å². The molecule has 2 nitrogen and oxygen atoms in total. The highest BCUT2D eigenvalue weighted by atomic mass is 16.2.